The summed E-state index contributed by atoms with van der Waals surface area (Å²) in [6.45, 7) is 7.70. The molecule has 1 aliphatic carbocycles. The number of anilines is 1. The van der Waals surface area contributed by atoms with Gasteiger partial charge in [-0.1, -0.05) is 19.9 Å². The minimum Gasteiger partial charge on any atom is -0.367 e. The predicted molar refractivity (Wildman–Crippen MR) is 82.0 cm³/mol. The van der Waals surface area contributed by atoms with Crippen LogP contribution in [0.1, 0.15) is 45.2 Å². The van der Waals surface area contributed by atoms with E-state index in [1.807, 2.05) is 6.92 Å². The third kappa shape index (κ3) is 3.27. The maximum Gasteiger partial charge on any atom is 0.0513 e. The average molecular weight is 311 g/mol. The van der Waals surface area contributed by atoms with Crippen molar-refractivity contribution < 1.29 is 0 Å². The maximum absolute atomic E-state index is 5.93. The van der Waals surface area contributed by atoms with Gasteiger partial charge >= 0.3 is 0 Å². The first-order valence-electron chi connectivity index (χ1n) is 6.80. The SMILES string of the molecule is CC(C)CN(c1ccc([C@@H](C)N)cc1Br)C1CC1. The maximum atomic E-state index is 5.93. The van der Waals surface area contributed by atoms with Crippen LogP contribution in [0.3, 0.4) is 0 Å². The second kappa shape index (κ2) is 5.62. The van der Waals surface area contributed by atoms with Crippen molar-refractivity contribution in [2.45, 2.75) is 45.7 Å². The first-order chi connectivity index (χ1) is 8.49. The zero-order chi connectivity index (χ0) is 13.3. The molecule has 0 aliphatic heterocycles. The summed E-state index contributed by atoms with van der Waals surface area (Å²) in [5.41, 5.74) is 8.43. The Morgan fingerprint density at radius 2 is 2.00 bits per heavy atom. The number of nitrogens with zero attached hydrogens (tertiary/aromatic N) is 1. The first-order valence-corrected chi connectivity index (χ1v) is 7.60. The van der Waals surface area contributed by atoms with E-state index in [9.17, 15) is 0 Å². The van der Waals surface area contributed by atoms with Gasteiger partial charge in [0.2, 0.25) is 0 Å². The molecule has 0 amide bonds. The van der Waals surface area contributed by atoms with E-state index in [-0.39, 0.29) is 6.04 Å². The van der Waals surface area contributed by atoms with E-state index in [1.165, 1.54) is 28.6 Å². The van der Waals surface area contributed by atoms with Crippen LogP contribution in [-0.4, -0.2) is 12.6 Å². The van der Waals surface area contributed by atoms with Gasteiger partial charge in [0.25, 0.3) is 0 Å². The molecule has 2 nitrogen and oxygen atoms in total. The van der Waals surface area contributed by atoms with Crippen molar-refractivity contribution in [2.75, 3.05) is 11.4 Å². The quantitative estimate of drug-likeness (QED) is 0.887. The molecule has 0 unspecified atom stereocenters. The van der Waals surface area contributed by atoms with Crippen molar-refractivity contribution in [2.24, 2.45) is 11.7 Å². The lowest BCUT2D eigenvalue weighted by Crippen LogP contribution is -2.30. The van der Waals surface area contributed by atoms with Crippen molar-refractivity contribution >= 4 is 21.6 Å². The molecule has 3 heteroatoms. The molecule has 0 aromatic heterocycles. The Kier molecular flexibility index (Phi) is 4.33. The normalized spacial score (nSPS) is 17.0. The Morgan fingerprint density at radius 3 is 2.44 bits per heavy atom. The van der Waals surface area contributed by atoms with E-state index in [1.54, 1.807) is 0 Å². The molecule has 0 bridgehead atoms. The highest BCUT2D eigenvalue weighted by Gasteiger charge is 2.30. The lowest BCUT2D eigenvalue weighted by molar-refractivity contribution is 0.606. The highest BCUT2D eigenvalue weighted by Crippen LogP contribution is 2.37. The van der Waals surface area contributed by atoms with Gasteiger partial charge in [0.05, 0.1) is 5.69 Å². The second-order valence-electron chi connectivity index (χ2n) is 5.78. The molecule has 2 rings (SSSR count). The van der Waals surface area contributed by atoms with Gasteiger partial charge in [0.1, 0.15) is 0 Å². The van der Waals surface area contributed by atoms with Crippen LogP contribution in [0.5, 0.6) is 0 Å². The summed E-state index contributed by atoms with van der Waals surface area (Å²) in [4.78, 5) is 2.54. The molecule has 1 aromatic carbocycles. The van der Waals surface area contributed by atoms with Crippen LogP contribution < -0.4 is 10.6 Å². The van der Waals surface area contributed by atoms with E-state index in [4.69, 9.17) is 5.73 Å². The average Bonchev–Trinajstić information content (AvgIpc) is 3.09. The first kappa shape index (κ1) is 13.9. The fourth-order valence-electron chi connectivity index (χ4n) is 2.26. The monoisotopic (exact) mass is 310 g/mol. The lowest BCUT2D eigenvalue weighted by Gasteiger charge is -2.28. The predicted octanol–water partition coefficient (Wildman–Crippen LogP) is 4.09. The van der Waals surface area contributed by atoms with Gasteiger partial charge in [-0.05, 0) is 59.3 Å². The number of halogens is 1. The van der Waals surface area contributed by atoms with Gasteiger partial charge in [-0.25, -0.2) is 0 Å². The summed E-state index contributed by atoms with van der Waals surface area (Å²) in [6, 6.07) is 7.36. The van der Waals surface area contributed by atoms with E-state index >= 15 is 0 Å². The summed E-state index contributed by atoms with van der Waals surface area (Å²) in [7, 11) is 0. The van der Waals surface area contributed by atoms with Gasteiger partial charge in [0, 0.05) is 23.1 Å². The Balaban J connectivity index is 2.24. The van der Waals surface area contributed by atoms with Crippen LogP contribution in [0.4, 0.5) is 5.69 Å². The highest BCUT2D eigenvalue weighted by atomic mass is 79.9. The zero-order valence-corrected chi connectivity index (χ0v) is 13.1. The summed E-state index contributed by atoms with van der Waals surface area (Å²) in [5.74, 6) is 0.686. The molecule has 2 N–H and O–H groups in total. The zero-order valence-electron chi connectivity index (χ0n) is 11.5. The van der Waals surface area contributed by atoms with Gasteiger partial charge < -0.3 is 10.6 Å². The largest absolute Gasteiger partial charge is 0.367 e. The molecule has 1 saturated carbocycles. The molecule has 0 spiro atoms. The number of rotatable bonds is 5. The molecule has 1 atom stereocenters. The van der Waals surface area contributed by atoms with Crippen molar-refractivity contribution in [3.63, 3.8) is 0 Å². The van der Waals surface area contributed by atoms with E-state index in [0.29, 0.717) is 5.92 Å². The number of hydrogen-bond acceptors (Lipinski definition) is 2. The van der Waals surface area contributed by atoms with Gasteiger partial charge in [-0.15, -0.1) is 0 Å². The lowest BCUT2D eigenvalue weighted by atomic mass is 10.1. The van der Waals surface area contributed by atoms with E-state index in [0.717, 1.165) is 12.6 Å². The van der Waals surface area contributed by atoms with Crippen LogP contribution >= 0.6 is 15.9 Å². The topological polar surface area (TPSA) is 29.3 Å². The minimum atomic E-state index is 0.0924. The molecule has 0 heterocycles. The van der Waals surface area contributed by atoms with Crippen LogP contribution in [-0.2, 0) is 0 Å². The Morgan fingerprint density at radius 1 is 1.33 bits per heavy atom. The Bertz CT molecular complexity index is 411. The summed E-state index contributed by atoms with van der Waals surface area (Å²) in [6.07, 6.45) is 2.66. The third-order valence-electron chi connectivity index (χ3n) is 3.36. The molecular formula is C15H23BrN2. The minimum absolute atomic E-state index is 0.0924. The van der Waals surface area contributed by atoms with Crippen molar-refractivity contribution in [3.05, 3.63) is 28.2 Å². The van der Waals surface area contributed by atoms with E-state index in [2.05, 4.69) is 52.9 Å². The molecular weight excluding hydrogens is 288 g/mol. The smallest absolute Gasteiger partial charge is 0.0513 e. The number of benzene rings is 1. The fraction of sp³-hybridized carbons (Fsp3) is 0.600. The van der Waals surface area contributed by atoms with E-state index < -0.39 is 0 Å². The second-order valence-corrected chi connectivity index (χ2v) is 6.63. The molecule has 18 heavy (non-hydrogen) atoms. The summed E-state index contributed by atoms with van der Waals surface area (Å²) >= 11 is 3.70. The molecule has 0 radical (unpaired) electrons. The van der Waals surface area contributed by atoms with Gasteiger partial charge in [-0.3, -0.25) is 0 Å². The Labute approximate surface area is 119 Å². The van der Waals surface area contributed by atoms with Crippen LogP contribution in [0, 0.1) is 5.92 Å². The van der Waals surface area contributed by atoms with Crippen LogP contribution in [0.15, 0.2) is 22.7 Å². The van der Waals surface area contributed by atoms with Crippen molar-refractivity contribution in [3.8, 4) is 0 Å². The molecule has 1 fully saturated rings. The highest BCUT2D eigenvalue weighted by molar-refractivity contribution is 9.10. The fourth-order valence-corrected chi connectivity index (χ4v) is 2.89. The molecule has 1 aromatic rings. The summed E-state index contributed by atoms with van der Waals surface area (Å²) in [5, 5.41) is 0. The third-order valence-corrected chi connectivity index (χ3v) is 3.99. The number of nitrogens with two attached hydrogens (primary N) is 1. The van der Waals surface area contributed by atoms with Gasteiger partial charge in [0.15, 0.2) is 0 Å². The van der Waals surface area contributed by atoms with Crippen molar-refractivity contribution in [1.29, 1.82) is 0 Å². The summed E-state index contributed by atoms with van der Waals surface area (Å²) < 4.78 is 1.17. The van der Waals surface area contributed by atoms with Crippen LogP contribution in [0.25, 0.3) is 0 Å². The van der Waals surface area contributed by atoms with Crippen LogP contribution in [0.2, 0.25) is 0 Å². The van der Waals surface area contributed by atoms with Crippen molar-refractivity contribution in [1.82, 2.24) is 0 Å². The Hall–Kier alpha value is -0.540. The molecule has 100 valence electrons. The molecule has 1 aliphatic rings. The standard InChI is InChI=1S/C15H23BrN2/c1-10(2)9-18(13-5-6-13)15-7-4-12(11(3)17)8-14(15)16/h4,7-8,10-11,13H,5-6,9,17H2,1-3H3/t11-/m1/s1. The van der Waals surface area contributed by atoms with Gasteiger partial charge in [-0.2, -0.15) is 0 Å². The molecule has 0 saturated heterocycles. The number of hydrogen-bond donors (Lipinski definition) is 1.